The Morgan fingerprint density at radius 3 is 2.90 bits per heavy atom. The highest BCUT2D eigenvalue weighted by Gasteiger charge is 2.11. The van der Waals surface area contributed by atoms with E-state index in [2.05, 4.69) is 32.5 Å². The standard InChI is InChI=1S/C11H17N7OS/c1-3-5-7-13-8(15-12)6-9(14-7)20-11-17-16-10(19)18(11)4-2/h6H,3-5,12H2,1-2H3,(H,16,19)(H,13,14,15). The van der Waals surface area contributed by atoms with Gasteiger partial charge in [0.25, 0.3) is 0 Å². The van der Waals surface area contributed by atoms with E-state index >= 15 is 0 Å². The average Bonchev–Trinajstić information content (AvgIpc) is 2.79. The number of aromatic amines is 1. The SMILES string of the molecule is CCCc1nc(NN)cc(Sc2n[nH]c(=O)n2CC)n1. The summed E-state index contributed by atoms with van der Waals surface area (Å²) in [6.45, 7) is 4.49. The Labute approximate surface area is 120 Å². The van der Waals surface area contributed by atoms with Crippen LogP contribution in [0.4, 0.5) is 5.82 Å². The minimum Gasteiger partial charge on any atom is -0.308 e. The molecule has 4 N–H and O–H groups in total. The second-order valence-corrected chi connectivity index (χ2v) is 5.05. The smallest absolute Gasteiger partial charge is 0.308 e. The lowest BCUT2D eigenvalue weighted by Crippen LogP contribution is -2.16. The van der Waals surface area contributed by atoms with Gasteiger partial charge >= 0.3 is 5.69 Å². The van der Waals surface area contributed by atoms with Crippen molar-refractivity contribution in [2.45, 2.75) is 43.4 Å². The zero-order chi connectivity index (χ0) is 14.5. The highest BCUT2D eigenvalue weighted by atomic mass is 32.2. The van der Waals surface area contributed by atoms with Crippen molar-refractivity contribution in [2.75, 3.05) is 5.43 Å². The van der Waals surface area contributed by atoms with E-state index in [1.807, 2.05) is 6.92 Å². The molecule has 0 fully saturated rings. The summed E-state index contributed by atoms with van der Waals surface area (Å²) in [6, 6.07) is 1.73. The number of hydrogen-bond acceptors (Lipinski definition) is 7. The number of aryl methyl sites for hydroxylation is 1. The largest absolute Gasteiger partial charge is 0.343 e. The van der Waals surface area contributed by atoms with Crippen molar-refractivity contribution in [1.29, 1.82) is 0 Å². The molecule has 0 saturated heterocycles. The summed E-state index contributed by atoms with van der Waals surface area (Å²) < 4.78 is 1.54. The Balaban J connectivity index is 2.32. The van der Waals surface area contributed by atoms with Gasteiger partial charge in [0.1, 0.15) is 16.7 Å². The molecule has 2 heterocycles. The Bertz CT molecular complexity index is 636. The summed E-state index contributed by atoms with van der Waals surface area (Å²) in [5, 5.41) is 7.69. The van der Waals surface area contributed by atoms with Crippen LogP contribution in [0.2, 0.25) is 0 Å². The van der Waals surface area contributed by atoms with Crippen molar-refractivity contribution in [3.63, 3.8) is 0 Å². The first-order valence-electron chi connectivity index (χ1n) is 6.35. The number of hydrazine groups is 1. The molecule has 108 valence electrons. The van der Waals surface area contributed by atoms with E-state index in [0.717, 1.165) is 12.8 Å². The van der Waals surface area contributed by atoms with Crippen LogP contribution in [0.3, 0.4) is 0 Å². The molecular weight excluding hydrogens is 278 g/mol. The van der Waals surface area contributed by atoms with Gasteiger partial charge < -0.3 is 5.43 Å². The quantitative estimate of drug-likeness (QED) is 0.409. The number of nitrogens with one attached hydrogen (secondary N) is 2. The van der Waals surface area contributed by atoms with Crippen LogP contribution in [-0.4, -0.2) is 24.7 Å². The molecule has 8 nitrogen and oxygen atoms in total. The van der Waals surface area contributed by atoms with Crippen molar-refractivity contribution in [3.05, 3.63) is 22.4 Å². The number of nitrogens with two attached hydrogens (primary N) is 1. The third-order valence-corrected chi connectivity index (χ3v) is 3.52. The molecule has 0 bridgehead atoms. The van der Waals surface area contributed by atoms with Crippen LogP contribution in [0.1, 0.15) is 26.1 Å². The summed E-state index contributed by atoms with van der Waals surface area (Å²) >= 11 is 1.30. The van der Waals surface area contributed by atoms with Crippen molar-refractivity contribution >= 4 is 17.6 Å². The third kappa shape index (κ3) is 3.17. The van der Waals surface area contributed by atoms with Gasteiger partial charge in [-0.05, 0) is 25.1 Å². The fourth-order valence-electron chi connectivity index (χ4n) is 1.69. The van der Waals surface area contributed by atoms with Crippen LogP contribution in [0, 0.1) is 0 Å². The van der Waals surface area contributed by atoms with Crippen LogP contribution < -0.4 is 17.0 Å². The maximum absolute atomic E-state index is 11.5. The summed E-state index contributed by atoms with van der Waals surface area (Å²) in [7, 11) is 0. The first kappa shape index (κ1) is 14.5. The summed E-state index contributed by atoms with van der Waals surface area (Å²) in [4.78, 5) is 20.2. The molecule has 0 atom stereocenters. The molecule has 0 spiro atoms. The Kier molecular flexibility index (Phi) is 4.74. The molecule has 0 unspecified atom stereocenters. The molecule has 2 rings (SSSR count). The predicted octanol–water partition coefficient (Wildman–Crippen LogP) is 0.771. The van der Waals surface area contributed by atoms with Crippen LogP contribution in [-0.2, 0) is 13.0 Å². The lowest BCUT2D eigenvalue weighted by Gasteiger charge is -2.06. The number of aromatic nitrogens is 5. The lowest BCUT2D eigenvalue weighted by molar-refractivity contribution is 0.659. The molecule has 0 aliphatic carbocycles. The fraction of sp³-hybridized carbons (Fsp3) is 0.455. The second-order valence-electron chi connectivity index (χ2n) is 4.06. The molecule has 0 radical (unpaired) electrons. The summed E-state index contributed by atoms with van der Waals surface area (Å²) in [5.41, 5.74) is 2.30. The molecule has 2 aromatic heterocycles. The van der Waals surface area contributed by atoms with Gasteiger partial charge in [-0.2, -0.15) is 0 Å². The van der Waals surface area contributed by atoms with Gasteiger partial charge in [-0.3, -0.25) is 4.57 Å². The molecule has 20 heavy (non-hydrogen) atoms. The summed E-state index contributed by atoms with van der Waals surface area (Å²) in [6.07, 6.45) is 1.71. The van der Waals surface area contributed by atoms with E-state index in [9.17, 15) is 4.79 Å². The maximum atomic E-state index is 11.5. The first-order valence-corrected chi connectivity index (χ1v) is 7.17. The van der Waals surface area contributed by atoms with E-state index in [1.54, 1.807) is 10.6 Å². The molecule has 0 aliphatic rings. The molecule has 0 amide bonds. The zero-order valence-corrected chi connectivity index (χ0v) is 12.2. The van der Waals surface area contributed by atoms with Gasteiger partial charge in [0.15, 0.2) is 5.16 Å². The number of rotatable bonds is 6. The number of H-pyrrole nitrogens is 1. The van der Waals surface area contributed by atoms with Crippen LogP contribution in [0.15, 0.2) is 21.0 Å². The van der Waals surface area contributed by atoms with E-state index in [0.29, 0.717) is 28.4 Å². The van der Waals surface area contributed by atoms with Crippen LogP contribution >= 0.6 is 11.8 Å². The topological polar surface area (TPSA) is 115 Å². The van der Waals surface area contributed by atoms with Crippen LogP contribution in [0.5, 0.6) is 0 Å². The Hall–Kier alpha value is -1.87. The van der Waals surface area contributed by atoms with Gasteiger partial charge in [-0.1, -0.05) is 6.92 Å². The molecule has 2 aromatic rings. The van der Waals surface area contributed by atoms with Crippen molar-refractivity contribution in [2.24, 2.45) is 5.84 Å². The van der Waals surface area contributed by atoms with Gasteiger partial charge in [0.2, 0.25) is 0 Å². The van der Waals surface area contributed by atoms with Gasteiger partial charge in [-0.15, -0.1) is 5.10 Å². The monoisotopic (exact) mass is 295 g/mol. The molecule has 0 aliphatic heterocycles. The predicted molar refractivity (Wildman–Crippen MR) is 76.5 cm³/mol. The fourth-order valence-corrected chi connectivity index (χ4v) is 2.61. The minimum absolute atomic E-state index is 0.227. The van der Waals surface area contributed by atoms with Crippen LogP contribution in [0.25, 0.3) is 0 Å². The summed E-state index contributed by atoms with van der Waals surface area (Å²) in [5.74, 6) is 6.67. The average molecular weight is 295 g/mol. The highest BCUT2D eigenvalue weighted by Crippen LogP contribution is 2.25. The van der Waals surface area contributed by atoms with E-state index < -0.39 is 0 Å². The molecule has 0 saturated carbocycles. The van der Waals surface area contributed by atoms with Gasteiger partial charge in [-0.25, -0.2) is 25.7 Å². The molecular formula is C11H17N7OS. The Morgan fingerprint density at radius 1 is 1.45 bits per heavy atom. The maximum Gasteiger partial charge on any atom is 0.343 e. The number of hydrogen-bond donors (Lipinski definition) is 3. The third-order valence-electron chi connectivity index (χ3n) is 2.61. The number of nitrogens with zero attached hydrogens (tertiary/aromatic N) is 4. The van der Waals surface area contributed by atoms with Crippen molar-refractivity contribution in [3.8, 4) is 0 Å². The second kappa shape index (κ2) is 6.53. The number of nitrogen functional groups attached to an aromatic ring is 1. The molecule has 0 aromatic carbocycles. The van der Waals surface area contributed by atoms with E-state index in [4.69, 9.17) is 5.84 Å². The molecule has 9 heteroatoms. The van der Waals surface area contributed by atoms with Crippen molar-refractivity contribution < 1.29 is 0 Å². The van der Waals surface area contributed by atoms with Gasteiger partial charge in [0, 0.05) is 19.0 Å². The zero-order valence-electron chi connectivity index (χ0n) is 11.4. The Morgan fingerprint density at radius 2 is 2.25 bits per heavy atom. The minimum atomic E-state index is -0.227. The van der Waals surface area contributed by atoms with Crippen molar-refractivity contribution in [1.82, 2.24) is 24.7 Å². The number of anilines is 1. The van der Waals surface area contributed by atoms with E-state index in [-0.39, 0.29) is 5.69 Å². The van der Waals surface area contributed by atoms with E-state index in [1.165, 1.54) is 11.8 Å². The first-order chi connectivity index (χ1) is 9.67. The van der Waals surface area contributed by atoms with Gasteiger partial charge in [0.05, 0.1) is 0 Å². The lowest BCUT2D eigenvalue weighted by atomic mass is 10.3. The normalized spacial score (nSPS) is 10.8. The highest BCUT2D eigenvalue weighted by molar-refractivity contribution is 7.99.